The van der Waals surface area contributed by atoms with E-state index in [4.69, 9.17) is 18.6 Å². The highest BCUT2D eigenvalue weighted by Crippen LogP contribution is 2.40. The fourth-order valence-corrected chi connectivity index (χ4v) is 4.29. The second kappa shape index (κ2) is 8.79. The van der Waals surface area contributed by atoms with Crippen molar-refractivity contribution in [3.8, 4) is 11.5 Å². The molecule has 1 fully saturated rings. The van der Waals surface area contributed by atoms with Crippen LogP contribution < -0.4 is 9.47 Å². The summed E-state index contributed by atoms with van der Waals surface area (Å²) in [6.45, 7) is 3.62. The van der Waals surface area contributed by atoms with Crippen molar-refractivity contribution in [1.82, 2.24) is 4.90 Å². The van der Waals surface area contributed by atoms with E-state index in [0.717, 1.165) is 47.4 Å². The van der Waals surface area contributed by atoms with Crippen molar-refractivity contribution >= 4 is 16.9 Å². The highest BCUT2D eigenvalue weighted by atomic mass is 16.5. The lowest BCUT2D eigenvalue weighted by Crippen LogP contribution is -2.24. The molecule has 1 aliphatic heterocycles. The number of para-hydroxylation sites is 1. The molecule has 0 saturated carbocycles. The van der Waals surface area contributed by atoms with Crippen LogP contribution in [0.5, 0.6) is 11.5 Å². The zero-order chi connectivity index (χ0) is 21.1. The lowest BCUT2D eigenvalue weighted by Gasteiger charge is -2.26. The van der Waals surface area contributed by atoms with Gasteiger partial charge in [-0.2, -0.15) is 0 Å². The van der Waals surface area contributed by atoms with E-state index in [1.807, 2.05) is 42.5 Å². The van der Waals surface area contributed by atoms with Crippen LogP contribution in [-0.2, 0) is 11.3 Å². The molecule has 30 heavy (non-hydrogen) atoms. The van der Waals surface area contributed by atoms with Gasteiger partial charge >= 0.3 is 5.97 Å². The first-order valence-corrected chi connectivity index (χ1v) is 10.3. The first-order valence-electron chi connectivity index (χ1n) is 10.3. The number of likely N-dealkylation sites (tertiary alicyclic amines) is 1. The van der Waals surface area contributed by atoms with E-state index >= 15 is 0 Å². The fraction of sp³-hybridized carbons (Fsp3) is 0.375. The summed E-state index contributed by atoms with van der Waals surface area (Å²) >= 11 is 0. The minimum absolute atomic E-state index is 0.166. The molecular formula is C24H27NO5. The van der Waals surface area contributed by atoms with Crippen LogP contribution in [0.15, 0.2) is 46.9 Å². The zero-order valence-electron chi connectivity index (χ0n) is 17.6. The lowest BCUT2D eigenvalue weighted by molar-refractivity contribution is 0.0489. The summed E-state index contributed by atoms with van der Waals surface area (Å²) in [5.74, 6) is 1.52. The quantitative estimate of drug-likeness (QED) is 0.514. The number of methoxy groups -OCH3 is 2. The molecule has 0 radical (unpaired) electrons. The van der Waals surface area contributed by atoms with Crippen molar-refractivity contribution in [2.24, 2.45) is 0 Å². The van der Waals surface area contributed by atoms with Crippen molar-refractivity contribution in [2.45, 2.75) is 32.4 Å². The Bertz CT molecular complexity index is 1040. The number of rotatable bonds is 7. The highest BCUT2D eigenvalue weighted by Gasteiger charge is 2.32. The minimum atomic E-state index is -0.418. The predicted molar refractivity (Wildman–Crippen MR) is 114 cm³/mol. The molecule has 3 aromatic rings. The summed E-state index contributed by atoms with van der Waals surface area (Å²) in [6, 6.07) is 13.8. The molecule has 6 nitrogen and oxygen atoms in total. The normalized spacial score (nSPS) is 16.7. The number of benzene rings is 2. The number of esters is 1. The van der Waals surface area contributed by atoms with Gasteiger partial charge in [-0.05, 0) is 50.6 Å². The Labute approximate surface area is 176 Å². The molecule has 2 heterocycles. The van der Waals surface area contributed by atoms with Crippen molar-refractivity contribution < 1.29 is 23.4 Å². The molecule has 1 saturated heterocycles. The molecule has 2 aromatic carbocycles. The van der Waals surface area contributed by atoms with Crippen LogP contribution in [0.3, 0.4) is 0 Å². The minimum Gasteiger partial charge on any atom is -0.497 e. The summed E-state index contributed by atoms with van der Waals surface area (Å²) in [7, 11) is 3.36. The third kappa shape index (κ3) is 3.75. The van der Waals surface area contributed by atoms with Gasteiger partial charge in [0.2, 0.25) is 5.76 Å². The maximum atomic E-state index is 12.6. The Morgan fingerprint density at radius 3 is 2.77 bits per heavy atom. The first kappa shape index (κ1) is 20.3. The van der Waals surface area contributed by atoms with Gasteiger partial charge in [0.05, 0.1) is 20.8 Å². The van der Waals surface area contributed by atoms with Crippen LogP contribution in [0.25, 0.3) is 11.0 Å². The molecule has 1 aromatic heterocycles. The summed E-state index contributed by atoms with van der Waals surface area (Å²) < 4.78 is 22.2. The van der Waals surface area contributed by atoms with Crippen LogP contribution in [-0.4, -0.2) is 38.2 Å². The average molecular weight is 409 g/mol. The second-order valence-corrected chi connectivity index (χ2v) is 7.36. The number of hydrogen-bond acceptors (Lipinski definition) is 6. The number of hydrogen-bond donors (Lipinski definition) is 0. The average Bonchev–Trinajstić information content (AvgIpc) is 3.38. The third-order valence-electron chi connectivity index (χ3n) is 5.68. The highest BCUT2D eigenvalue weighted by molar-refractivity contribution is 5.96. The summed E-state index contributed by atoms with van der Waals surface area (Å²) in [5.41, 5.74) is 2.67. The first-order chi connectivity index (χ1) is 14.7. The molecule has 0 N–H and O–H groups in total. The smallest absolute Gasteiger partial charge is 0.374 e. The van der Waals surface area contributed by atoms with E-state index in [2.05, 4.69) is 4.90 Å². The topological polar surface area (TPSA) is 61.1 Å². The van der Waals surface area contributed by atoms with Crippen LogP contribution in [0.4, 0.5) is 0 Å². The van der Waals surface area contributed by atoms with Crippen LogP contribution in [0, 0.1) is 0 Å². The number of nitrogens with zero attached hydrogens (tertiary/aromatic N) is 1. The van der Waals surface area contributed by atoms with Crippen LogP contribution in [0.1, 0.15) is 47.5 Å². The van der Waals surface area contributed by atoms with Gasteiger partial charge < -0.3 is 18.6 Å². The SMILES string of the molecule is CCOC(=O)c1oc2ccccc2c1CN1CCCC1c1cc(OC)ccc1OC. The van der Waals surface area contributed by atoms with E-state index in [1.54, 1.807) is 21.1 Å². The number of carbonyl (C=O) groups is 1. The molecular weight excluding hydrogens is 382 g/mol. The fourth-order valence-electron chi connectivity index (χ4n) is 4.29. The maximum Gasteiger partial charge on any atom is 0.374 e. The molecule has 158 valence electrons. The molecule has 6 heteroatoms. The van der Waals surface area contributed by atoms with E-state index in [9.17, 15) is 4.79 Å². The van der Waals surface area contributed by atoms with Crippen LogP contribution in [0.2, 0.25) is 0 Å². The molecule has 1 aliphatic rings. The van der Waals surface area contributed by atoms with Crippen molar-refractivity contribution in [3.63, 3.8) is 0 Å². The standard InChI is InChI=1S/C24H27NO5/c1-4-29-24(26)23-19(17-8-5-6-10-22(17)30-23)15-25-13-7-9-20(25)18-14-16(27-2)11-12-21(18)28-3/h5-6,8,10-12,14,20H,4,7,9,13,15H2,1-3H3. The van der Waals surface area contributed by atoms with Gasteiger partial charge in [0.1, 0.15) is 17.1 Å². The summed E-state index contributed by atoms with van der Waals surface area (Å²) in [4.78, 5) is 14.9. The van der Waals surface area contributed by atoms with Crippen LogP contribution >= 0.6 is 0 Å². The number of furan rings is 1. The second-order valence-electron chi connectivity index (χ2n) is 7.36. The lowest BCUT2D eigenvalue weighted by atomic mass is 10.0. The van der Waals surface area contributed by atoms with E-state index in [0.29, 0.717) is 24.5 Å². The Kier molecular flexibility index (Phi) is 5.95. The molecule has 0 bridgehead atoms. The van der Waals surface area contributed by atoms with E-state index in [-0.39, 0.29) is 6.04 Å². The number of ether oxygens (including phenoxy) is 3. The van der Waals surface area contributed by atoms with Gasteiger partial charge in [-0.25, -0.2) is 4.79 Å². The molecule has 0 aliphatic carbocycles. The van der Waals surface area contributed by atoms with E-state index < -0.39 is 5.97 Å². The van der Waals surface area contributed by atoms with Gasteiger partial charge in [0.15, 0.2) is 0 Å². The Hall–Kier alpha value is -2.99. The molecule has 0 amide bonds. The molecule has 1 atom stereocenters. The number of carbonyl (C=O) groups excluding carboxylic acids is 1. The van der Waals surface area contributed by atoms with Gasteiger partial charge in [-0.1, -0.05) is 18.2 Å². The molecule has 1 unspecified atom stereocenters. The molecule has 0 spiro atoms. The van der Waals surface area contributed by atoms with Crippen molar-refractivity contribution in [3.05, 3.63) is 59.4 Å². The van der Waals surface area contributed by atoms with Gasteiger partial charge in [0.25, 0.3) is 0 Å². The summed E-state index contributed by atoms with van der Waals surface area (Å²) in [5, 5.41) is 0.948. The largest absolute Gasteiger partial charge is 0.497 e. The maximum absolute atomic E-state index is 12.6. The predicted octanol–water partition coefficient (Wildman–Crippen LogP) is 4.96. The zero-order valence-corrected chi connectivity index (χ0v) is 17.6. The van der Waals surface area contributed by atoms with Gasteiger partial charge in [-0.3, -0.25) is 4.90 Å². The summed E-state index contributed by atoms with van der Waals surface area (Å²) in [6.07, 6.45) is 2.07. The van der Waals surface area contributed by atoms with E-state index in [1.165, 1.54) is 0 Å². The Balaban J connectivity index is 1.71. The molecule has 4 rings (SSSR count). The van der Waals surface area contributed by atoms with Gasteiger partial charge in [-0.15, -0.1) is 0 Å². The van der Waals surface area contributed by atoms with Crippen molar-refractivity contribution in [1.29, 1.82) is 0 Å². The van der Waals surface area contributed by atoms with Crippen molar-refractivity contribution in [2.75, 3.05) is 27.4 Å². The number of fused-ring (bicyclic) bond motifs is 1. The Morgan fingerprint density at radius 1 is 1.17 bits per heavy atom. The van der Waals surface area contributed by atoms with Gasteiger partial charge in [0, 0.05) is 29.1 Å². The Morgan fingerprint density at radius 2 is 2.00 bits per heavy atom. The third-order valence-corrected chi connectivity index (χ3v) is 5.68. The monoisotopic (exact) mass is 409 g/mol.